The molecule has 0 atom stereocenters. The molecule has 1 aliphatic rings. The van der Waals surface area contributed by atoms with Crippen LogP contribution in [0.5, 0.6) is 0 Å². The highest BCUT2D eigenvalue weighted by atomic mass is 15.1. The van der Waals surface area contributed by atoms with Crippen LogP contribution in [-0.2, 0) is 0 Å². The highest BCUT2D eigenvalue weighted by Crippen LogP contribution is 1.88. The van der Waals surface area contributed by atoms with Crippen molar-refractivity contribution in [3.05, 3.63) is 85.3 Å². The molecule has 2 nitrogen and oxygen atoms in total. The summed E-state index contributed by atoms with van der Waals surface area (Å²) in [6, 6.07) is 0. The Balaban J connectivity index is 2.67. The topological polar surface area (TPSA) is 24.7 Å². The van der Waals surface area contributed by atoms with Gasteiger partial charge in [0.2, 0.25) is 0 Å². The smallest absolute Gasteiger partial charge is 0.0495 e. The van der Waals surface area contributed by atoms with Gasteiger partial charge in [-0.15, -0.1) is 0 Å². The third kappa shape index (κ3) is 7.21. The molecule has 0 bridgehead atoms. The van der Waals surface area contributed by atoms with Crippen molar-refractivity contribution < 1.29 is 0 Å². The number of hydrogen-bond donors (Lipinski definition) is 0. The van der Waals surface area contributed by atoms with Crippen LogP contribution in [0.2, 0.25) is 0 Å². The first-order valence-electron chi connectivity index (χ1n) is 5.05. The minimum atomic E-state index is 1.64. The third-order valence-electron chi connectivity index (χ3n) is 1.59. The van der Waals surface area contributed by atoms with Gasteiger partial charge in [-0.3, -0.25) is 0 Å². The average molecular weight is 210 g/mol. The van der Waals surface area contributed by atoms with Crippen molar-refractivity contribution in [1.29, 1.82) is 0 Å². The summed E-state index contributed by atoms with van der Waals surface area (Å²) in [5.41, 5.74) is 0. The summed E-state index contributed by atoms with van der Waals surface area (Å²) >= 11 is 0. The molecule has 1 aliphatic heterocycles. The van der Waals surface area contributed by atoms with Gasteiger partial charge in [-0.25, -0.2) is 0 Å². The fourth-order valence-corrected chi connectivity index (χ4v) is 0.895. The Bertz CT molecular complexity index is 250. The van der Waals surface area contributed by atoms with Crippen molar-refractivity contribution in [2.45, 2.75) is 0 Å². The lowest BCUT2D eigenvalue weighted by molar-refractivity contribution is 1.22. The van der Waals surface area contributed by atoms with Crippen LogP contribution in [0, 0.1) is 0 Å². The van der Waals surface area contributed by atoms with Crippen molar-refractivity contribution >= 4 is 0 Å². The summed E-state index contributed by atoms with van der Waals surface area (Å²) in [6.07, 6.45) is 26.4. The molecule has 0 aliphatic carbocycles. The second-order valence-electron chi connectivity index (χ2n) is 2.84. The van der Waals surface area contributed by atoms with Crippen molar-refractivity contribution in [3.63, 3.8) is 0 Å². The zero-order valence-electron chi connectivity index (χ0n) is 8.98. The van der Waals surface area contributed by atoms with Crippen molar-refractivity contribution in [3.8, 4) is 0 Å². The summed E-state index contributed by atoms with van der Waals surface area (Å²) in [7, 11) is 0. The Hall–Kier alpha value is -2.22. The summed E-state index contributed by atoms with van der Waals surface area (Å²) in [5, 5.41) is 7.63. The van der Waals surface area contributed by atoms with Gasteiger partial charge in [-0.2, -0.15) is 10.2 Å². The van der Waals surface area contributed by atoms with Gasteiger partial charge in [-0.1, -0.05) is 60.8 Å². The first-order valence-corrected chi connectivity index (χ1v) is 5.05. The molecule has 0 aromatic carbocycles. The maximum Gasteiger partial charge on any atom is 0.0495 e. The lowest BCUT2D eigenvalue weighted by Gasteiger charge is -1.77. The Kier molecular flexibility index (Phi) is 6.92. The van der Waals surface area contributed by atoms with Crippen LogP contribution in [0.3, 0.4) is 0 Å². The number of allylic oxidation sites excluding steroid dienone is 12. The van der Waals surface area contributed by atoms with Crippen LogP contribution < -0.4 is 0 Å². The second-order valence-corrected chi connectivity index (χ2v) is 2.84. The molecular formula is C14H14N2. The molecule has 0 N–H and O–H groups in total. The fourth-order valence-electron chi connectivity index (χ4n) is 0.895. The second kappa shape index (κ2) is 9.34. The van der Waals surface area contributed by atoms with Crippen LogP contribution in [0.15, 0.2) is 95.5 Å². The Morgan fingerprint density at radius 1 is 0.312 bits per heavy atom. The summed E-state index contributed by atoms with van der Waals surface area (Å²) in [6.45, 7) is 0. The summed E-state index contributed by atoms with van der Waals surface area (Å²) < 4.78 is 0. The fraction of sp³-hybridized carbons (Fsp3) is 0. The lowest BCUT2D eigenvalue weighted by Crippen LogP contribution is -1.55. The first-order chi connectivity index (χ1) is 8.00. The van der Waals surface area contributed by atoms with E-state index in [0.29, 0.717) is 0 Å². The van der Waals surface area contributed by atoms with Crippen molar-refractivity contribution in [2.75, 3.05) is 0 Å². The lowest BCUT2D eigenvalue weighted by atomic mass is 10.3. The Morgan fingerprint density at radius 3 is 0.875 bits per heavy atom. The van der Waals surface area contributed by atoms with E-state index in [1.165, 1.54) is 0 Å². The minimum absolute atomic E-state index is 1.64. The molecule has 0 saturated carbocycles. The van der Waals surface area contributed by atoms with Gasteiger partial charge in [-0.05, 0) is 12.2 Å². The maximum atomic E-state index is 3.82. The molecule has 1 heterocycles. The first kappa shape index (κ1) is 11.9. The van der Waals surface area contributed by atoms with E-state index in [0.717, 1.165) is 0 Å². The van der Waals surface area contributed by atoms with Gasteiger partial charge in [0.05, 0.1) is 0 Å². The van der Waals surface area contributed by atoms with Gasteiger partial charge in [0.15, 0.2) is 0 Å². The van der Waals surface area contributed by atoms with Crippen molar-refractivity contribution in [2.24, 2.45) is 10.2 Å². The van der Waals surface area contributed by atoms with E-state index in [2.05, 4.69) is 10.2 Å². The number of rotatable bonds is 0. The zero-order valence-corrected chi connectivity index (χ0v) is 8.98. The van der Waals surface area contributed by atoms with Crippen LogP contribution in [0.1, 0.15) is 0 Å². The molecule has 1 rings (SSSR count). The molecule has 0 saturated heterocycles. The normalized spacial score (nSPS) is 28.0. The van der Waals surface area contributed by atoms with E-state index in [1.807, 2.05) is 72.9 Å². The van der Waals surface area contributed by atoms with E-state index in [9.17, 15) is 0 Å². The molecule has 0 spiro atoms. The molecular weight excluding hydrogens is 196 g/mol. The maximum absolute atomic E-state index is 3.82. The standard InChI is InChI=1S/C14H14N2/c1-2-4-6-8-10-12-14-16-15-13-11-9-7-5-3-1/h1-14H/b2-1?,3-1?,4-2?,5-3+,6-4?,7-5?,8-6?,9-7-,10-8+,11-9?,12-10?,13-11+,14-12+,15-13?,16-14?,16-15-. The third-order valence-corrected chi connectivity index (χ3v) is 1.59. The largest absolute Gasteiger partial charge is 0.159 e. The van der Waals surface area contributed by atoms with E-state index in [1.54, 1.807) is 12.4 Å². The highest BCUT2D eigenvalue weighted by Gasteiger charge is 1.66. The minimum Gasteiger partial charge on any atom is -0.159 e. The molecule has 16 heavy (non-hydrogen) atoms. The predicted octanol–water partition coefficient (Wildman–Crippen LogP) is 4.26. The van der Waals surface area contributed by atoms with E-state index >= 15 is 0 Å². The van der Waals surface area contributed by atoms with Gasteiger partial charge in [0, 0.05) is 12.4 Å². The molecule has 0 aromatic rings. The molecule has 0 radical (unpaired) electrons. The van der Waals surface area contributed by atoms with E-state index in [4.69, 9.17) is 0 Å². The Labute approximate surface area is 96.1 Å². The molecule has 0 aromatic heterocycles. The molecule has 80 valence electrons. The number of azo groups is 1. The van der Waals surface area contributed by atoms with Crippen LogP contribution in [0.25, 0.3) is 0 Å². The van der Waals surface area contributed by atoms with Gasteiger partial charge < -0.3 is 0 Å². The molecule has 2 heteroatoms. The summed E-state index contributed by atoms with van der Waals surface area (Å²) in [4.78, 5) is 0. The molecule has 0 amide bonds. The van der Waals surface area contributed by atoms with Gasteiger partial charge in [0.1, 0.15) is 0 Å². The number of nitrogens with zero attached hydrogens (tertiary/aromatic N) is 2. The van der Waals surface area contributed by atoms with E-state index < -0.39 is 0 Å². The number of hydrogen-bond acceptors (Lipinski definition) is 2. The summed E-state index contributed by atoms with van der Waals surface area (Å²) in [5.74, 6) is 0. The monoisotopic (exact) mass is 210 g/mol. The van der Waals surface area contributed by atoms with E-state index in [-0.39, 0.29) is 0 Å². The predicted molar refractivity (Wildman–Crippen MR) is 68.8 cm³/mol. The Morgan fingerprint density at radius 2 is 0.562 bits per heavy atom. The van der Waals surface area contributed by atoms with Crippen molar-refractivity contribution in [1.82, 2.24) is 0 Å². The molecule has 0 fully saturated rings. The SMILES string of the molecule is C1=C/C=C/C=C\C=C\N=N/C=C/C=C/C=C1. The van der Waals surface area contributed by atoms with Gasteiger partial charge in [0.25, 0.3) is 0 Å². The van der Waals surface area contributed by atoms with Gasteiger partial charge >= 0.3 is 0 Å². The average Bonchev–Trinajstić information content (AvgIpc) is 2.29. The quantitative estimate of drug-likeness (QED) is 0.570. The molecule has 0 unspecified atom stereocenters. The van der Waals surface area contributed by atoms with Crippen LogP contribution >= 0.6 is 0 Å². The van der Waals surface area contributed by atoms with Crippen LogP contribution in [-0.4, -0.2) is 0 Å². The highest BCUT2D eigenvalue weighted by molar-refractivity contribution is 5.20. The zero-order chi connectivity index (χ0) is 11.3. The van der Waals surface area contributed by atoms with Crippen LogP contribution in [0.4, 0.5) is 0 Å².